The van der Waals surface area contributed by atoms with E-state index in [1.54, 1.807) is 12.1 Å². The average molecular weight is 426 g/mol. The smallest absolute Gasteiger partial charge is 0.288 e. The SMILES string of the molecule is O=C(Nc1nc2ccc(Oc3ccccc3)cc2s1)c1ccc(Cl)c([N+](=O)[O-])c1. The third-order valence-corrected chi connectivity index (χ3v) is 5.22. The number of rotatable bonds is 5. The first-order chi connectivity index (χ1) is 14.0. The van der Waals surface area contributed by atoms with Gasteiger partial charge in [0.1, 0.15) is 16.5 Å². The first-order valence-corrected chi connectivity index (χ1v) is 9.58. The highest BCUT2D eigenvalue weighted by Gasteiger charge is 2.17. The van der Waals surface area contributed by atoms with Gasteiger partial charge in [-0.1, -0.05) is 41.1 Å². The van der Waals surface area contributed by atoms with Gasteiger partial charge in [-0.2, -0.15) is 0 Å². The fourth-order valence-electron chi connectivity index (χ4n) is 2.61. The van der Waals surface area contributed by atoms with Gasteiger partial charge in [0.15, 0.2) is 5.13 Å². The normalized spacial score (nSPS) is 10.7. The minimum atomic E-state index is -0.634. The number of nitro benzene ring substituents is 1. The second kappa shape index (κ2) is 7.86. The van der Waals surface area contributed by atoms with Gasteiger partial charge in [-0.15, -0.1) is 0 Å². The number of amides is 1. The van der Waals surface area contributed by atoms with E-state index in [-0.39, 0.29) is 16.3 Å². The number of hydrogen-bond donors (Lipinski definition) is 1. The van der Waals surface area contributed by atoms with Crippen LogP contribution in [0.25, 0.3) is 10.2 Å². The lowest BCUT2D eigenvalue weighted by Crippen LogP contribution is -2.11. The molecule has 0 fully saturated rings. The highest BCUT2D eigenvalue weighted by molar-refractivity contribution is 7.22. The monoisotopic (exact) mass is 425 g/mol. The van der Waals surface area contributed by atoms with Crippen LogP contribution in [0.3, 0.4) is 0 Å². The Hall–Kier alpha value is -3.49. The van der Waals surface area contributed by atoms with Crippen LogP contribution in [0.4, 0.5) is 10.8 Å². The van der Waals surface area contributed by atoms with Crippen LogP contribution in [0.1, 0.15) is 10.4 Å². The maximum Gasteiger partial charge on any atom is 0.288 e. The number of hydrogen-bond acceptors (Lipinski definition) is 6. The first-order valence-electron chi connectivity index (χ1n) is 8.38. The van der Waals surface area contributed by atoms with Crippen LogP contribution in [0, 0.1) is 10.1 Å². The number of anilines is 1. The molecule has 7 nitrogen and oxygen atoms in total. The lowest BCUT2D eigenvalue weighted by Gasteiger charge is -2.04. The predicted molar refractivity (Wildman–Crippen MR) is 112 cm³/mol. The van der Waals surface area contributed by atoms with Gasteiger partial charge < -0.3 is 4.74 Å². The molecule has 1 amide bonds. The Labute approximate surface area is 173 Å². The maximum absolute atomic E-state index is 12.5. The summed E-state index contributed by atoms with van der Waals surface area (Å²) in [6.45, 7) is 0. The fourth-order valence-corrected chi connectivity index (χ4v) is 3.69. The van der Waals surface area contributed by atoms with Gasteiger partial charge in [0, 0.05) is 17.7 Å². The summed E-state index contributed by atoms with van der Waals surface area (Å²) in [5.41, 5.74) is 0.493. The number of benzene rings is 3. The molecule has 0 atom stereocenters. The van der Waals surface area contributed by atoms with E-state index in [0.29, 0.717) is 22.1 Å². The molecule has 1 heterocycles. The summed E-state index contributed by atoms with van der Waals surface area (Å²) in [6.07, 6.45) is 0. The summed E-state index contributed by atoms with van der Waals surface area (Å²) in [6, 6.07) is 18.7. The number of nitro groups is 1. The molecule has 4 rings (SSSR count). The van der Waals surface area contributed by atoms with Crippen LogP contribution in [0.5, 0.6) is 11.5 Å². The molecule has 1 N–H and O–H groups in total. The molecule has 0 saturated heterocycles. The van der Waals surface area contributed by atoms with Crippen LogP contribution >= 0.6 is 22.9 Å². The van der Waals surface area contributed by atoms with E-state index in [9.17, 15) is 14.9 Å². The minimum absolute atomic E-state index is 0.0301. The summed E-state index contributed by atoms with van der Waals surface area (Å²) < 4.78 is 6.64. The van der Waals surface area contributed by atoms with Gasteiger partial charge in [-0.25, -0.2) is 4.98 Å². The highest BCUT2D eigenvalue weighted by atomic mass is 35.5. The fraction of sp³-hybridized carbons (Fsp3) is 0. The lowest BCUT2D eigenvalue weighted by atomic mass is 10.2. The maximum atomic E-state index is 12.5. The molecule has 29 heavy (non-hydrogen) atoms. The molecule has 0 aliphatic carbocycles. The molecule has 0 aliphatic heterocycles. The summed E-state index contributed by atoms with van der Waals surface area (Å²) in [5.74, 6) is 0.859. The van der Waals surface area contributed by atoms with E-state index in [2.05, 4.69) is 10.3 Å². The Morgan fingerprint density at radius 3 is 2.62 bits per heavy atom. The average Bonchev–Trinajstić information content (AvgIpc) is 3.10. The minimum Gasteiger partial charge on any atom is -0.457 e. The molecule has 1 aromatic heterocycles. The molecule has 0 spiro atoms. The molecule has 0 saturated carbocycles. The number of nitrogens with zero attached hydrogens (tertiary/aromatic N) is 2. The van der Waals surface area contributed by atoms with Crippen molar-refractivity contribution in [3.63, 3.8) is 0 Å². The second-order valence-electron chi connectivity index (χ2n) is 5.94. The molecule has 0 unspecified atom stereocenters. The highest BCUT2D eigenvalue weighted by Crippen LogP contribution is 2.32. The number of ether oxygens (including phenoxy) is 1. The number of aromatic nitrogens is 1. The number of carbonyl (C=O) groups excluding carboxylic acids is 1. The molecule has 144 valence electrons. The van der Waals surface area contributed by atoms with Crippen molar-refractivity contribution in [2.45, 2.75) is 0 Å². The van der Waals surface area contributed by atoms with Crippen LogP contribution in [-0.4, -0.2) is 15.8 Å². The summed E-state index contributed by atoms with van der Waals surface area (Å²) >= 11 is 7.06. The molecular weight excluding hydrogens is 414 g/mol. The number of nitrogens with one attached hydrogen (secondary N) is 1. The number of thiazole rings is 1. The Morgan fingerprint density at radius 2 is 1.86 bits per heavy atom. The van der Waals surface area contributed by atoms with Gasteiger partial charge >= 0.3 is 0 Å². The van der Waals surface area contributed by atoms with Crippen molar-refractivity contribution in [1.82, 2.24) is 4.98 Å². The zero-order valence-corrected chi connectivity index (χ0v) is 16.2. The van der Waals surface area contributed by atoms with Gasteiger partial charge in [0.05, 0.1) is 15.1 Å². The number of halogens is 1. The molecule has 9 heteroatoms. The van der Waals surface area contributed by atoms with Crippen LogP contribution in [-0.2, 0) is 0 Å². The van der Waals surface area contributed by atoms with Crippen LogP contribution < -0.4 is 10.1 Å². The number of para-hydroxylation sites is 1. The second-order valence-corrected chi connectivity index (χ2v) is 7.38. The van der Waals surface area contributed by atoms with Gasteiger partial charge in [-0.05, 0) is 36.4 Å². The van der Waals surface area contributed by atoms with Crippen molar-refractivity contribution in [3.8, 4) is 11.5 Å². The standard InChI is InChI=1S/C20H12ClN3O4S/c21-15-8-6-12(10-17(15)24(26)27)19(25)23-20-22-16-9-7-14(11-18(16)29-20)28-13-4-2-1-3-5-13/h1-11H,(H,22,23,25). The molecule has 3 aromatic carbocycles. The molecule has 0 aliphatic rings. The van der Waals surface area contributed by atoms with E-state index in [1.807, 2.05) is 36.4 Å². The predicted octanol–water partition coefficient (Wildman–Crippen LogP) is 5.90. The largest absolute Gasteiger partial charge is 0.457 e. The van der Waals surface area contributed by atoms with Crippen molar-refractivity contribution in [1.29, 1.82) is 0 Å². The van der Waals surface area contributed by atoms with E-state index >= 15 is 0 Å². The van der Waals surface area contributed by atoms with Crippen molar-refractivity contribution in [2.24, 2.45) is 0 Å². The van der Waals surface area contributed by atoms with Gasteiger partial charge in [0.2, 0.25) is 0 Å². The van der Waals surface area contributed by atoms with E-state index < -0.39 is 10.8 Å². The van der Waals surface area contributed by atoms with Crippen LogP contribution in [0.15, 0.2) is 66.7 Å². The topological polar surface area (TPSA) is 94.4 Å². The molecule has 0 radical (unpaired) electrons. The molecular formula is C20H12ClN3O4S. The van der Waals surface area contributed by atoms with Crippen LogP contribution in [0.2, 0.25) is 5.02 Å². The van der Waals surface area contributed by atoms with E-state index in [0.717, 1.165) is 10.8 Å². The van der Waals surface area contributed by atoms with Crippen molar-refractivity contribution in [2.75, 3.05) is 5.32 Å². The Kier molecular flexibility index (Phi) is 5.11. The van der Waals surface area contributed by atoms with Crippen molar-refractivity contribution < 1.29 is 14.5 Å². The third-order valence-electron chi connectivity index (χ3n) is 3.96. The van der Waals surface area contributed by atoms with E-state index in [1.165, 1.54) is 23.5 Å². The van der Waals surface area contributed by atoms with E-state index in [4.69, 9.17) is 16.3 Å². The van der Waals surface area contributed by atoms with Crippen molar-refractivity contribution >= 4 is 49.9 Å². The lowest BCUT2D eigenvalue weighted by molar-refractivity contribution is -0.384. The van der Waals surface area contributed by atoms with Gasteiger partial charge in [-0.3, -0.25) is 20.2 Å². The number of fused-ring (bicyclic) bond motifs is 1. The summed E-state index contributed by atoms with van der Waals surface area (Å²) in [7, 11) is 0. The molecule has 4 aromatic rings. The Balaban J connectivity index is 1.55. The summed E-state index contributed by atoms with van der Waals surface area (Å²) in [5, 5.41) is 14.0. The Bertz CT molecular complexity index is 1230. The quantitative estimate of drug-likeness (QED) is 0.317. The van der Waals surface area contributed by atoms with Crippen molar-refractivity contribution in [3.05, 3.63) is 87.4 Å². The molecule has 0 bridgehead atoms. The third kappa shape index (κ3) is 4.18. The zero-order chi connectivity index (χ0) is 20.4. The van der Waals surface area contributed by atoms with Gasteiger partial charge in [0.25, 0.3) is 11.6 Å². The number of carbonyl (C=O) groups is 1. The Morgan fingerprint density at radius 1 is 1.07 bits per heavy atom. The zero-order valence-electron chi connectivity index (χ0n) is 14.7. The first kappa shape index (κ1) is 18.9. The summed E-state index contributed by atoms with van der Waals surface area (Å²) in [4.78, 5) is 27.2.